The van der Waals surface area contributed by atoms with Gasteiger partial charge in [-0.25, -0.2) is 8.42 Å². The van der Waals surface area contributed by atoms with Crippen LogP contribution in [0.2, 0.25) is 0 Å². The predicted molar refractivity (Wildman–Crippen MR) is 90.0 cm³/mol. The summed E-state index contributed by atoms with van der Waals surface area (Å²) in [6.07, 6.45) is 0. The van der Waals surface area contributed by atoms with E-state index in [4.69, 9.17) is 4.74 Å². The zero-order chi connectivity index (χ0) is 17.8. The Labute approximate surface area is 138 Å². The van der Waals surface area contributed by atoms with Crippen LogP contribution in [0.3, 0.4) is 0 Å². The van der Waals surface area contributed by atoms with Crippen molar-refractivity contribution in [1.82, 2.24) is 10.0 Å². The van der Waals surface area contributed by atoms with E-state index in [9.17, 15) is 13.2 Å². The third-order valence-corrected chi connectivity index (χ3v) is 4.52. The van der Waals surface area contributed by atoms with E-state index in [1.54, 1.807) is 13.0 Å². The minimum atomic E-state index is -3.78. The molecule has 0 spiro atoms. The SMILES string of the molecule is CCOc1ccc(S(=O)(=O)N[C@@H](C)C(=O)NC(C)(C)C)cc1C. The van der Waals surface area contributed by atoms with Gasteiger partial charge in [0.2, 0.25) is 15.9 Å². The highest BCUT2D eigenvalue weighted by molar-refractivity contribution is 7.89. The van der Waals surface area contributed by atoms with Gasteiger partial charge in [0.15, 0.2) is 0 Å². The zero-order valence-electron chi connectivity index (χ0n) is 14.6. The molecule has 0 saturated carbocycles. The van der Waals surface area contributed by atoms with Gasteiger partial charge < -0.3 is 10.1 Å². The molecule has 1 aromatic rings. The number of amides is 1. The minimum absolute atomic E-state index is 0.105. The molecule has 0 aliphatic carbocycles. The minimum Gasteiger partial charge on any atom is -0.494 e. The second-order valence-corrected chi connectivity index (χ2v) is 8.16. The van der Waals surface area contributed by atoms with E-state index in [1.165, 1.54) is 19.1 Å². The summed E-state index contributed by atoms with van der Waals surface area (Å²) in [6.45, 7) is 11.2. The fourth-order valence-corrected chi connectivity index (χ4v) is 3.23. The molecule has 0 aliphatic rings. The maximum atomic E-state index is 12.4. The monoisotopic (exact) mass is 342 g/mol. The summed E-state index contributed by atoms with van der Waals surface area (Å²) in [5.41, 5.74) is 0.300. The first-order valence-electron chi connectivity index (χ1n) is 7.54. The second kappa shape index (κ2) is 7.31. The summed E-state index contributed by atoms with van der Waals surface area (Å²) in [5, 5.41) is 2.74. The first-order valence-corrected chi connectivity index (χ1v) is 9.02. The number of rotatable bonds is 6. The van der Waals surface area contributed by atoms with E-state index in [0.717, 1.165) is 5.56 Å². The Bertz CT molecular complexity index is 663. The molecule has 130 valence electrons. The average Bonchev–Trinajstić information content (AvgIpc) is 2.38. The molecule has 23 heavy (non-hydrogen) atoms. The quantitative estimate of drug-likeness (QED) is 0.828. The van der Waals surface area contributed by atoms with Crippen LogP contribution in [0.15, 0.2) is 23.1 Å². The lowest BCUT2D eigenvalue weighted by Gasteiger charge is -2.23. The molecule has 1 rings (SSSR count). The van der Waals surface area contributed by atoms with Crippen LogP contribution >= 0.6 is 0 Å². The number of benzene rings is 1. The van der Waals surface area contributed by atoms with Crippen molar-refractivity contribution in [3.8, 4) is 5.75 Å². The number of aryl methyl sites for hydroxylation is 1. The lowest BCUT2D eigenvalue weighted by molar-refractivity contribution is -0.123. The summed E-state index contributed by atoms with van der Waals surface area (Å²) in [7, 11) is -3.78. The normalized spacial score (nSPS) is 13.5. The molecule has 7 heteroatoms. The van der Waals surface area contributed by atoms with Crippen molar-refractivity contribution in [2.24, 2.45) is 0 Å². The van der Waals surface area contributed by atoms with E-state index in [-0.39, 0.29) is 10.8 Å². The molecule has 1 aromatic carbocycles. The lowest BCUT2D eigenvalue weighted by Crippen LogP contribution is -2.50. The molecule has 1 amide bonds. The van der Waals surface area contributed by atoms with Crippen molar-refractivity contribution in [2.75, 3.05) is 6.61 Å². The number of nitrogens with one attached hydrogen (secondary N) is 2. The van der Waals surface area contributed by atoms with Crippen LogP contribution in [0.1, 0.15) is 40.2 Å². The lowest BCUT2D eigenvalue weighted by atomic mass is 10.1. The Morgan fingerprint density at radius 1 is 1.30 bits per heavy atom. The fourth-order valence-electron chi connectivity index (χ4n) is 1.94. The highest BCUT2D eigenvalue weighted by Crippen LogP contribution is 2.21. The topological polar surface area (TPSA) is 84.5 Å². The van der Waals surface area contributed by atoms with Crippen LogP contribution in [-0.2, 0) is 14.8 Å². The van der Waals surface area contributed by atoms with E-state index in [2.05, 4.69) is 10.0 Å². The molecular weight excluding hydrogens is 316 g/mol. The number of carbonyl (C=O) groups is 1. The summed E-state index contributed by atoms with van der Waals surface area (Å²) in [5.74, 6) is 0.272. The fraction of sp³-hybridized carbons (Fsp3) is 0.562. The molecule has 0 bridgehead atoms. The Morgan fingerprint density at radius 2 is 1.91 bits per heavy atom. The summed E-state index contributed by atoms with van der Waals surface area (Å²) < 4.78 is 32.6. The largest absolute Gasteiger partial charge is 0.494 e. The van der Waals surface area contributed by atoms with Gasteiger partial charge in [0.25, 0.3) is 0 Å². The maximum absolute atomic E-state index is 12.4. The van der Waals surface area contributed by atoms with Gasteiger partial charge in [-0.05, 0) is 65.3 Å². The van der Waals surface area contributed by atoms with Crippen LogP contribution < -0.4 is 14.8 Å². The van der Waals surface area contributed by atoms with Gasteiger partial charge in [0.05, 0.1) is 17.5 Å². The molecule has 0 radical (unpaired) electrons. The van der Waals surface area contributed by atoms with Crippen molar-refractivity contribution in [2.45, 2.75) is 58.0 Å². The number of sulfonamides is 1. The first-order chi connectivity index (χ1) is 10.5. The molecule has 0 unspecified atom stereocenters. The van der Waals surface area contributed by atoms with E-state index in [0.29, 0.717) is 12.4 Å². The van der Waals surface area contributed by atoms with Gasteiger partial charge in [-0.15, -0.1) is 0 Å². The Kier molecular flexibility index (Phi) is 6.18. The van der Waals surface area contributed by atoms with Gasteiger partial charge in [0.1, 0.15) is 5.75 Å². The Morgan fingerprint density at radius 3 is 2.39 bits per heavy atom. The first kappa shape index (κ1) is 19.4. The van der Waals surface area contributed by atoms with E-state index in [1.807, 2.05) is 27.7 Å². The highest BCUT2D eigenvalue weighted by atomic mass is 32.2. The Balaban J connectivity index is 2.91. The number of ether oxygens (including phenoxy) is 1. The molecule has 0 aliphatic heterocycles. The molecular formula is C16H26N2O4S. The third kappa shape index (κ3) is 5.84. The van der Waals surface area contributed by atoms with Crippen LogP contribution in [0.25, 0.3) is 0 Å². The standard InChI is InChI=1S/C16H26N2O4S/c1-7-22-14-9-8-13(10-11(14)2)23(20,21)18-12(3)15(19)17-16(4,5)6/h8-10,12,18H,7H2,1-6H3,(H,17,19)/t12-/m0/s1. The molecule has 0 saturated heterocycles. The maximum Gasteiger partial charge on any atom is 0.241 e. The molecule has 0 fully saturated rings. The van der Waals surface area contributed by atoms with E-state index >= 15 is 0 Å². The second-order valence-electron chi connectivity index (χ2n) is 6.44. The molecule has 0 heterocycles. The number of hydrogen-bond donors (Lipinski definition) is 2. The van der Waals surface area contributed by atoms with E-state index < -0.39 is 21.6 Å². The van der Waals surface area contributed by atoms with Crippen molar-refractivity contribution >= 4 is 15.9 Å². The van der Waals surface area contributed by atoms with Crippen molar-refractivity contribution < 1.29 is 17.9 Å². The molecule has 2 N–H and O–H groups in total. The van der Waals surface area contributed by atoms with Gasteiger partial charge in [0, 0.05) is 5.54 Å². The number of carbonyl (C=O) groups excluding carboxylic acids is 1. The van der Waals surface area contributed by atoms with Gasteiger partial charge >= 0.3 is 0 Å². The molecule has 0 aromatic heterocycles. The molecule has 6 nitrogen and oxygen atoms in total. The molecule has 1 atom stereocenters. The van der Waals surface area contributed by atoms with Gasteiger partial charge in [-0.3, -0.25) is 4.79 Å². The van der Waals surface area contributed by atoms with Gasteiger partial charge in [-0.1, -0.05) is 0 Å². The summed E-state index contributed by atoms with van der Waals surface area (Å²) in [4.78, 5) is 12.1. The predicted octanol–water partition coefficient (Wildman–Crippen LogP) is 1.98. The van der Waals surface area contributed by atoms with Crippen molar-refractivity contribution in [1.29, 1.82) is 0 Å². The van der Waals surface area contributed by atoms with Crippen LogP contribution in [0.5, 0.6) is 5.75 Å². The smallest absolute Gasteiger partial charge is 0.241 e. The van der Waals surface area contributed by atoms with Crippen LogP contribution in [-0.4, -0.2) is 32.5 Å². The van der Waals surface area contributed by atoms with Crippen molar-refractivity contribution in [3.05, 3.63) is 23.8 Å². The summed E-state index contributed by atoms with van der Waals surface area (Å²) >= 11 is 0. The zero-order valence-corrected chi connectivity index (χ0v) is 15.4. The highest BCUT2D eigenvalue weighted by Gasteiger charge is 2.25. The third-order valence-electron chi connectivity index (χ3n) is 2.98. The number of hydrogen-bond acceptors (Lipinski definition) is 4. The average molecular weight is 342 g/mol. The van der Waals surface area contributed by atoms with Crippen LogP contribution in [0.4, 0.5) is 0 Å². The Hall–Kier alpha value is -1.60. The van der Waals surface area contributed by atoms with Crippen LogP contribution in [0, 0.1) is 6.92 Å². The summed E-state index contributed by atoms with van der Waals surface area (Å²) in [6, 6.07) is 3.75. The van der Waals surface area contributed by atoms with Gasteiger partial charge in [-0.2, -0.15) is 4.72 Å². The van der Waals surface area contributed by atoms with Crippen molar-refractivity contribution in [3.63, 3.8) is 0 Å².